The summed E-state index contributed by atoms with van der Waals surface area (Å²) in [5, 5.41) is 10.2. The molecule has 4 rings (SSSR count). The highest BCUT2D eigenvalue weighted by atomic mass is 35.5. The van der Waals surface area contributed by atoms with Crippen LogP contribution in [-0.2, 0) is 13.6 Å². The highest BCUT2D eigenvalue weighted by Gasteiger charge is 2.30. The maximum Gasteiger partial charge on any atom is 0.163 e. The van der Waals surface area contributed by atoms with E-state index < -0.39 is 0 Å². The molecule has 0 radical (unpaired) electrons. The molecular weight excluding hydrogens is 302 g/mol. The number of halogens is 1. The molecule has 0 aromatic carbocycles. The van der Waals surface area contributed by atoms with E-state index >= 15 is 0 Å². The average Bonchev–Trinajstić information content (AvgIpc) is 3.00. The van der Waals surface area contributed by atoms with Gasteiger partial charge in [0.05, 0.1) is 22.8 Å². The molecule has 7 nitrogen and oxygen atoms in total. The van der Waals surface area contributed by atoms with Gasteiger partial charge in [-0.15, -0.1) is 0 Å². The van der Waals surface area contributed by atoms with Crippen LogP contribution in [0.2, 0.25) is 5.02 Å². The Morgan fingerprint density at radius 2 is 2.05 bits per heavy atom. The van der Waals surface area contributed by atoms with Crippen LogP contribution in [0.25, 0.3) is 11.0 Å². The Hall–Kier alpha value is -2.15. The minimum absolute atomic E-state index is 0.554. The number of rotatable bonds is 3. The number of nitrogens with zero attached hydrogens (tertiary/aromatic N) is 7. The first-order valence-electron chi connectivity index (χ1n) is 7.19. The zero-order valence-electron chi connectivity index (χ0n) is 12.4. The molecule has 1 aliphatic heterocycles. The van der Waals surface area contributed by atoms with Crippen molar-refractivity contribution in [1.29, 1.82) is 0 Å². The quantitative estimate of drug-likeness (QED) is 0.735. The smallest absolute Gasteiger partial charge is 0.163 e. The second-order valence-electron chi connectivity index (χ2n) is 5.75. The minimum Gasteiger partial charge on any atom is -0.355 e. The van der Waals surface area contributed by atoms with E-state index in [1.165, 1.54) is 0 Å². The van der Waals surface area contributed by atoms with Gasteiger partial charge in [-0.25, -0.2) is 9.97 Å². The third-order valence-corrected chi connectivity index (χ3v) is 4.18. The van der Waals surface area contributed by atoms with Gasteiger partial charge >= 0.3 is 0 Å². The van der Waals surface area contributed by atoms with Gasteiger partial charge in [0, 0.05) is 38.8 Å². The van der Waals surface area contributed by atoms with Crippen molar-refractivity contribution in [2.45, 2.75) is 13.5 Å². The van der Waals surface area contributed by atoms with Crippen LogP contribution in [-0.4, -0.2) is 42.6 Å². The van der Waals surface area contributed by atoms with Crippen LogP contribution in [0.4, 0.5) is 5.82 Å². The highest BCUT2D eigenvalue weighted by molar-refractivity contribution is 6.30. The van der Waals surface area contributed by atoms with Gasteiger partial charge in [-0.05, 0) is 6.92 Å². The molecule has 114 valence electrons. The second-order valence-corrected chi connectivity index (χ2v) is 6.19. The van der Waals surface area contributed by atoms with Crippen LogP contribution < -0.4 is 4.90 Å². The first-order chi connectivity index (χ1) is 10.6. The summed E-state index contributed by atoms with van der Waals surface area (Å²) in [6.07, 6.45) is 5.37. The molecule has 22 heavy (non-hydrogen) atoms. The Morgan fingerprint density at radius 1 is 1.23 bits per heavy atom. The molecule has 0 atom stereocenters. The lowest BCUT2D eigenvalue weighted by Gasteiger charge is -2.40. The van der Waals surface area contributed by atoms with Gasteiger partial charge in [-0.1, -0.05) is 11.6 Å². The standard InChI is InChI=1S/C14H16ClN7/c1-9-18-13-12(4-16-20(13)2)14(19-9)21-5-10(6-21)7-22-8-11(15)3-17-22/h3-4,8,10H,5-7H2,1-2H3. The van der Waals surface area contributed by atoms with E-state index in [2.05, 4.69) is 25.1 Å². The monoisotopic (exact) mass is 317 g/mol. The van der Waals surface area contributed by atoms with Gasteiger partial charge in [0.1, 0.15) is 11.6 Å². The molecule has 4 heterocycles. The zero-order valence-corrected chi connectivity index (χ0v) is 13.2. The summed E-state index contributed by atoms with van der Waals surface area (Å²) >= 11 is 5.89. The Balaban J connectivity index is 1.53. The lowest BCUT2D eigenvalue weighted by atomic mass is 10.00. The largest absolute Gasteiger partial charge is 0.355 e. The van der Waals surface area contributed by atoms with Gasteiger partial charge in [-0.2, -0.15) is 10.2 Å². The first-order valence-corrected chi connectivity index (χ1v) is 7.57. The normalized spacial score (nSPS) is 15.5. The van der Waals surface area contributed by atoms with Crippen molar-refractivity contribution in [1.82, 2.24) is 29.5 Å². The van der Waals surface area contributed by atoms with E-state index in [4.69, 9.17) is 11.6 Å². The Kier molecular flexibility index (Phi) is 3.04. The lowest BCUT2D eigenvalue weighted by molar-refractivity contribution is 0.341. The van der Waals surface area contributed by atoms with Crippen molar-refractivity contribution in [3.8, 4) is 0 Å². The molecule has 0 amide bonds. The molecule has 0 bridgehead atoms. The van der Waals surface area contributed by atoms with E-state index in [0.717, 1.165) is 42.3 Å². The van der Waals surface area contributed by atoms with Gasteiger partial charge in [0.25, 0.3) is 0 Å². The number of hydrogen-bond acceptors (Lipinski definition) is 5. The molecule has 1 saturated heterocycles. The summed E-state index contributed by atoms with van der Waals surface area (Å²) in [6, 6.07) is 0. The molecule has 3 aromatic rings. The van der Waals surface area contributed by atoms with Crippen molar-refractivity contribution < 1.29 is 0 Å². The number of hydrogen-bond donors (Lipinski definition) is 0. The summed E-state index contributed by atoms with van der Waals surface area (Å²) in [5.41, 5.74) is 0.879. The number of anilines is 1. The molecular formula is C14H16ClN7. The molecule has 0 saturated carbocycles. The first kappa shape index (κ1) is 13.5. The molecule has 3 aromatic heterocycles. The molecule has 0 N–H and O–H groups in total. The molecule has 0 spiro atoms. The van der Waals surface area contributed by atoms with Gasteiger partial charge in [-0.3, -0.25) is 9.36 Å². The van der Waals surface area contributed by atoms with Gasteiger partial charge < -0.3 is 4.90 Å². The molecule has 1 aliphatic rings. The summed E-state index contributed by atoms with van der Waals surface area (Å²) < 4.78 is 3.69. The highest BCUT2D eigenvalue weighted by Crippen LogP contribution is 2.29. The zero-order chi connectivity index (χ0) is 15.3. The van der Waals surface area contributed by atoms with Crippen LogP contribution in [0, 0.1) is 12.8 Å². The molecule has 0 unspecified atom stereocenters. The second kappa shape index (κ2) is 4.95. The summed E-state index contributed by atoms with van der Waals surface area (Å²) in [4.78, 5) is 11.3. The van der Waals surface area contributed by atoms with E-state index in [-0.39, 0.29) is 0 Å². The number of aryl methyl sites for hydroxylation is 2. The molecule has 8 heteroatoms. The Labute approximate surface area is 132 Å². The maximum absolute atomic E-state index is 5.89. The topological polar surface area (TPSA) is 64.7 Å². The third kappa shape index (κ3) is 2.21. The number of aromatic nitrogens is 6. The number of fused-ring (bicyclic) bond motifs is 1. The summed E-state index contributed by atoms with van der Waals surface area (Å²) in [6.45, 7) is 4.71. The van der Waals surface area contributed by atoms with Crippen LogP contribution in [0.3, 0.4) is 0 Å². The summed E-state index contributed by atoms with van der Waals surface area (Å²) in [5.74, 6) is 2.30. The van der Waals surface area contributed by atoms with E-state index in [1.807, 2.05) is 31.0 Å². The van der Waals surface area contributed by atoms with E-state index in [9.17, 15) is 0 Å². The fraction of sp³-hybridized carbons (Fsp3) is 0.429. The van der Waals surface area contributed by atoms with Crippen molar-refractivity contribution in [2.75, 3.05) is 18.0 Å². The third-order valence-electron chi connectivity index (χ3n) is 3.99. The molecule has 1 fully saturated rings. The predicted molar refractivity (Wildman–Crippen MR) is 84.0 cm³/mol. The molecule has 0 aliphatic carbocycles. The van der Waals surface area contributed by atoms with Crippen molar-refractivity contribution >= 4 is 28.5 Å². The van der Waals surface area contributed by atoms with Gasteiger partial charge in [0.15, 0.2) is 5.65 Å². The minimum atomic E-state index is 0.554. The van der Waals surface area contributed by atoms with E-state index in [0.29, 0.717) is 10.9 Å². The van der Waals surface area contributed by atoms with Crippen LogP contribution in [0.15, 0.2) is 18.6 Å². The summed E-state index contributed by atoms with van der Waals surface area (Å²) in [7, 11) is 1.90. The van der Waals surface area contributed by atoms with E-state index in [1.54, 1.807) is 10.9 Å². The maximum atomic E-state index is 5.89. The van der Waals surface area contributed by atoms with Crippen LogP contribution in [0.1, 0.15) is 5.82 Å². The van der Waals surface area contributed by atoms with Gasteiger partial charge in [0.2, 0.25) is 0 Å². The van der Waals surface area contributed by atoms with Crippen molar-refractivity contribution in [3.05, 3.63) is 29.4 Å². The Morgan fingerprint density at radius 3 is 2.77 bits per heavy atom. The van der Waals surface area contributed by atoms with Crippen LogP contribution >= 0.6 is 11.6 Å². The SMILES string of the molecule is Cc1nc(N2CC(Cn3cc(Cl)cn3)C2)c2cnn(C)c2n1. The lowest BCUT2D eigenvalue weighted by Crippen LogP contribution is -2.49. The van der Waals surface area contributed by atoms with Crippen LogP contribution in [0.5, 0.6) is 0 Å². The van der Waals surface area contributed by atoms with Crippen molar-refractivity contribution in [3.63, 3.8) is 0 Å². The Bertz CT molecular complexity index is 831. The predicted octanol–water partition coefficient (Wildman–Crippen LogP) is 1.66. The van der Waals surface area contributed by atoms with Crippen molar-refractivity contribution in [2.24, 2.45) is 13.0 Å². The average molecular weight is 318 g/mol. The fourth-order valence-corrected chi connectivity index (χ4v) is 3.07. The fourth-order valence-electron chi connectivity index (χ4n) is 2.92.